The molecule has 3 aromatic rings. The number of carbonyl (C=O) groups excluding carboxylic acids is 4. The van der Waals surface area contributed by atoms with Crippen LogP contribution in [0.1, 0.15) is 30.7 Å². The summed E-state index contributed by atoms with van der Waals surface area (Å²) in [6.45, 7) is 0.927. The number of carbonyl (C=O) groups is 4. The van der Waals surface area contributed by atoms with E-state index in [2.05, 4.69) is 14.7 Å². The van der Waals surface area contributed by atoms with Crippen molar-refractivity contribution in [1.29, 1.82) is 0 Å². The van der Waals surface area contributed by atoms with Crippen LogP contribution in [0.2, 0.25) is 0 Å². The molecule has 37 heavy (non-hydrogen) atoms. The molecule has 3 aliphatic heterocycles. The van der Waals surface area contributed by atoms with Gasteiger partial charge in [-0.3, -0.25) is 34.4 Å². The Kier molecular flexibility index (Phi) is 5.84. The van der Waals surface area contributed by atoms with Crippen LogP contribution in [-0.2, 0) is 25.7 Å². The number of benzene rings is 1. The summed E-state index contributed by atoms with van der Waals surface area (Å²) >= 11 is 1.26. The summed E-state index contributed by atoms with van der Waals surface area (Å²) < 4.78 is 4.54. The van der Waals surface area contributed by atoms with Crippen LogP contribution in [0.5, 0.6) is 0 Å². The van der Waals surface area contributed by atoms with Gasteiger partial charge in [0.05, 0.1) is 6.54 Å². The van der Waals surface area contributed by atoms with E-state index < -0.39 is 29.7 Å². The molecule has 6 rings (SSSR count). The van der Waals surface area contributed by atoms with Crippen molar-refractivity contribution in [3.8, 4) is 22.5 Å². The van der Waals surface area contributed by atoms with E-state index in [1.807, 2.05) is 41.3 Å². The SMILES string of the molecule is O=C1CCC(N2C(=O)C3=C(C2=O)N(Cc2nc(-c4cccc(-c5ccncc5)c4)ns2)CCC3)C(=O)N1. The minimum Gasteiger partial charge on any atom is -0.360 e. The maximum atomic E-state index is 13.4. The van der Waals surface area contributed by atoms with Crippen molar-refractivity contribution in [3.05, 3.63) is 65.1 Å². The number of imide groups is 2. The van der Waals surface area contributed by atoms with Crippen LogP contribution in [0.15, 0.2) is 60.1 Å². The lowest BCUT2D eigenvalue weighted by molar-refractivity contribution is -0.150. The molecule has 4 amide bonds. The summed E-state index contributed by atoms with van der Waals surface area (Å²) in [6.07, 6.45) is 4.92. The summed E-state index contributed by atoms with van der Waals surface area (Å²) in [5, 5.41) is 2.96. The van der Waals surface area contributed by atoms with Gasteiger partial charge in [-0.05, 0) is 60.1 Å². The molecule has 186 valence electrons. The molecule has 11 heteroatoms. The molecule has 1 fully saturated rings. The van der Waals surface area contributed by atoms with Gasteiger partial charge in [-0.25, -0.2) is 4.98 Å². The second-order valence-electron chi connectivity index (χ2n) is 9.13. The number of hydrogen-bond acceptors (Lipinski definition) is 9. The van der Waals surface area contributed by atoms with Gasteiger partial charge in [0.15, 0.2) is 5.82 Å². The van der Waals surface area contributed by atoms with Gasteiger partial charge in [0, 0.05) is 36.5 Å². The molecule has 1 aromatic carbocycles. The third kappa shape index (κ3) is 4.20. The normalized spacial score (nSPS) is 19.9. The molecule has 1 unspecified atom stereocenters. The summed E-state index contributed by atoms with van der Waals surface area (Å²) in [4.78, 5) is 62.1. The van der Waals surface area contributed by atoms with Gasteiger partial charge in [0.1, 0.15) is 16.7 Å². The quantitative estimate of drug-likeness (QED) is 0.514. The Labute approximate surface area is 216 Å². The first-order chi connectivity index (χ1) is 18.0. The molecule has 1 saturated heterocycles. The molecule has 0 radical (unpaired) electrons. The number of amides is 4. The number of piperidine rings is 1. The summed E-state index contributed by atoms with van der Waals surface area (Å²) in [5.41, 5.74) is 3.72. The van der Waals surface area contributed by atoms with Crippen LogP contribution >= 0.6 is 11.5 Å². The van der Waals surface area contributed by atoms with Crippen molar-refractivity contribution in [2.24, 2.45) is 0 Å². The Morgan fingerprint density at radius 2 is 1.78 bits per heavy atom. The molecule has 3 aliphatic rings. The zero-order chi connectivity index (χ0) is 25.5. The fraction of sp³-hybridized carbons (Fsp3) is 0.269. The maximum Gasteiger partial charge on any atom is 0.278 e. The molecule has 0 bridgehead atoms. The van der Waals surface area contributed by atoms with Crippen LogP contribution < -0.4 is 5.32 Å². The van der Waals surface area contributed by atoms with Crippen molar-refractivity contribution in [3.63, 3.8) is 0 Å². The summed E-state index contributed by atoms with van der Waals surface area (Å²) in [6, 6.07) is 10.9. The van der Waals surface area contributed by atoms with E-state index >= 15 is 0 Å². The minimum absolute atomic E-state index is 0.0950. The summed E-state index contributed by atoms with van der Waals surface area (Å²) in [5.74, 6) is -1.32. The zero-order valence-electron chi connectivity index (χ0n) is 19.7. The Morgan fingerprint density at radius 3 is 2.59 bits per heavy atom. The van der Waals surface area contributed by atoms with E-state index in [4.69, 9.17) is 4.98 Å². The average Bonchev–Trinajstić information content (AvgIpc) is 3.48. The maximum absolute atomic E-state index is 13.4. The van der Waals surface area contributed by atoms with E-state index in [0.717, 1.165) is 26.6 Å². The second kappa shape index (κ2) is 9.32. The predicted octanol–water partition coefficient (Wildman–Crippen LogP) is 2.29. The van der Waals surface area contributed by atoms with Gasteiger partial charge in [0.2, 0.25) is 11.8 Å². The highest BCUT2D eigenvalue weighted by atomic mass is 32.1. The van der Waals surface area contributed by atoms with Crippen LogP contribution in [0.3, 0.4) is 0 Å². The van der Waals surface area contributed by atoms with Crippen LogP contribution in [0, 0.1) is 0 Å². The Balaban J connectivity index is 1.22. The topological polar surface area (TPSA) is 125 Å². The Morgan fingerprint density at radius 1 is 0.973 bits per heavy atom. The van der Waals surface area contributed by atoms with Crippen LogP contribution in [0.4, 0.5) is 0 Å². The highest BCUT2D eigenvalue weighted by Crippen LogP contribution is 2.35. The van der Waals surface area contributed by atoms with Crippen molar-refractivity contribution < 1.29 is 19.2 Å². The molecule has 1 atom stereocenters. The van der Waals surface area contributed by atoms with Gasteiger partial charge in [-0.1, -0.05) is 18.2 Å². The first-order valence-electron chi connectivity index (χ1n) is 12.0. The summed E-state index contributed by atoms with van der Waals surface area (Å²) in [7, 11) is 0. The lowest BCUT2D eigenvalue weighted by Crippen LogP contribution is -2.55. The third-order valence-electron chi connectivity index (χ3n) is 6.81. The number of aromatic nitrogens is 3. The molecular formula is C26H22N6O4S. The highest BCUT2D eigenvalue weighted by molar-refractivity contribution is 7.05. The van der Waals surface area contributed by atoms with Crippen LogP contribution in [-0.4, -0.2) is 60.4 Å². The predicted molar refractivity (Wildman–Crippen MR) is 133 cm³/mol. The van der Waals surface area contributed by atoms with E-state index in [1.165, 1.54) is 11.5 Å². The van der Waals surface area contributed by atoms with Crippen molar-refractivity contribution >= 4 is 35.2 Å². The van der Waals surface area contributed by atoms with Crippen molar-refractivity contribution in [1.82, 2.24) is 29.5 Å². The van der Waals surface area contributed by atoms with Crippen molar-refractivity contribution in [2.75, 3.05) is 6.54 Å². The first kappa shape index (κ1) is 23.2. The zero-order valence-corrected chi connectivity index (χ0v) is 20.5. The molecule has 0 saturated carbocycles. The molecule has 0 aliphatic carbocycles. The van der Waals surface area contributed by atoms with Crippen molar-refractivity contribution in [2.45, 2.75) is 38.3 Å². The second-order valence-corrected chi connectivity index (χ2v) is 9.96. The number of nitrogens with zero attached hydrogens (tertiary/aromatic N) is 5. The number of rotatable bonds is 5. The molecule has 5 heterocycles. The smallest absolute Gasteiger partial charge is 0.278 e. The molecular weight excluding hydrogens is 492 g/mol. The highest BCUT2D eigenvalue weighted by Gasteiger charge is 2.48. The van der Waals surface area contributed by atoms with Crippen LogP contribution in [0.25, 0.3) is 22.5 Å². The fourth-order valence-electron chi connectivity index (χ4n) is 5.04. The molecule has 1 N–H and O–H groups in total. The number of pyridine rings is 1. The van der Waals surface area contributed by atoms with Gasteiger partial charge in [-0.2, -0.15) is 4.37 Å². The van der Waals surface area contributed by atoms with E-state index in [0.29, 0.717) is 43.0 Å². The minimum atomic E-state index is -0.967. The third-order valence-corrected chi connectivity index (χ3v) is 7.50. The first-order valence-corrected chi connectivity index (χ1v) is 12.8. The lowest BCUT2D eigenvalue weighted by Gasteiger charge is -2.30. The van der Waals surface area contributed by atoms with E-state index in [-0.39, 0.29) is 12.8 Å². The Hall–Kier alpha value is -4.25. The standard InChI is InChI=1S/C26H22N6O4S/c33-20-7-6-19(24(34)28-20)32-25(35)18-5-2-12-31(22(18)26(32)36)14-21-29-23(30-37-21)17-4-1-3-16(13-17)15-8-10-27-11-9-15/h1,3-4,8-11,13,19H,2,5-7,12,14H2,(H,28,33,34). The fourth-order valence-corrected chi connectivity index (χ4v) is 5.72. The van der Waals surface area contributed by atoms with Gasteiger partial charge < -0.3 is 4.90 Å². The Bertz CT molecular complexity index is 1470. The molecule has 2 aromatic heterocycles. The van der Waals surface area contributed by atoms with E-state index in [1.54, 1.807) is 12.4 Å². The van der Waals surface area contributed by atoms with Gasteiger partial charge in [0.25, 0.3) is 11.8 Å². The largest absolute Gasteiger partial charge is 0.360 e. The molecule has 10 nitrogen and oxygen atoms in total. The number of nitrogens with one attached hydrogen (secondary N) is 1. The van der Waals surface area contributed by atoms with Gasteiger partial charge in [-0.15, -0.1) is 0 Å². The molecule has 0 spiro atoms. The number of hydrogen-bond donors (Lipinski definition) is 1. The monoisotopic (exact) mass is 514 g/mol. The average molecular weight is 515 g/mol. The van der Waals surface area contributed by atoms with E-state index in [9.17, 15) is 19.2 Å². The van der Waals surface area contributed by atoms with Gasteiger partial charge >= 0.3 is 0 Å². The lowest BCUT2D eigenvalue weighted by atomic mass is 10.0.